The van der Waals surface area contributed by atoms with E-state index in [9.17, 15) is 4.79 Å². The topological polar surface area (TPSA) is 29.1 Å². The molecule has 90 valence electrons. The summed E-state index contributed by atoms with van der Waals surface area (Å²) in [4.78, 5) is 12.0. The van der Waals surface area contributed by atoms with Crippen LogP contribution in [-0.2, 0) is 11.2 Å². The van der Waals surface area contributed by atoms with Crippen molar-refractivity contribution in [1.82, 2.24) is 0 Å². The Morgan fingerprint density at radius 2 is 2.12 bits per heavy atom. The molecule has 1 aliphatic carbocycles. The summed E-state index contributed by atoms with van der Waals surface area (Å²) in [5, 5.41) is 2.98. The van der Waals surface area contributed by atoms with Crippen LogP contribution in [0, 0.1) is 5.92 Å². The predicted molar refractivity (Wildman–Crippen MR) is 72.4 cm³/mol. The molecule has 17 heavy (non-hydrogen) atoms. The van der Waals surface area contributed by atoms with E-state index < -0.39 is 0 Å². The van der Waals surface area contributed by atoms with E-state index in [0.29, 0.717) is 11.2 Å². The average molecular weight is 294 g/mol. The fourth-order valence-electron chi connectivity index (χ4n) is 2.43. The van der Waals surface area contributed by atoms with E-state index >= 15 is 0 Å². The lowest BCUT2D eigenvalue weighted by molar-refractivity contribution is -0.116. The highest BCUT2D eigenvalue weighted by atomic mass is 79.9. The summed E-state index contributed by atoms with van der Waals surface area (Å²) >= 11 is 3.78. The molecule has 1 heterocycles. The van der Waals surface area contributed by atoms with Crippen LogP contribution in [0.25, 0.3) is 0 Å². The van der Waals surface area contributed by atoms with Gasteiger partial charge in [-0.2, -0.15) is 0 Å². The summed E-state index contributed by atoms with van der Waals surface area (Å²) in [6.07, 6.45) is 5.28. The maximum absolute atomic E-state index is 11.5. The maximum atomic E-state index is 11.5. The highest BCUT2D eigenvalue weighted by Crippen LogP contribution is 2.46. The summed E-state index contributed by atoms with van der Waals surface area (Å²) in [7, 11) is 0. The van der Waals surface area contributed by atoms with Gasteiger partial charge in [-0.25, -0.2) is 0 Å². The van der Waals surface area contributed by atoms with Crippen molar-refractivity contribution in [3.63, 3.8) is 0 Å². The minimum atomic E-state index is 0.147. The Morgan fingerprint density at radius 3 is 2.88 bits per heavy atom. The number of hydrogen-bond acceptors (Lipinski definition) is 1. The first-order valence-electron chi connectivity index (χ1n) is 6.31. The fraction of sp³-hybridized carbons (Fsp3) is 0.500. The van der Waals surface area contributed by atoms with Crippen molar-refractivity contribution < 1.29 is 4.79 Å². The van der Waals surface area contributed by atoms with Gasteiger partial charge in [0.2, 0.25) is 5.91 Å². The lowest BCUT2D eigenvalue weighted by Crippen LogP contribution is -2.09. The second kappa shape index (κ2) is 4.45. The first-order chi connectivity index (χ1) is 8.24. The predicted octanol–water partition coefficient (Wildman–Crippen LogP) is 3.81. The third-order valence-corrected chi connectivity index (χ3v) is 4.88. The lowest BCUT2D eigenvalue weighted by Gasteiger charge is -2.13. The third-order valence-electron chi connectivity index (χ3n) is 3.61. The number of carbonyl (C=O) groups excluding carboxylic acids is 1. The quantitative estimate of drug-likeness (QED) is 0.826. The Labute approximate surface area is 110 Å². The van der Waals surface area contributed by atoms with Gasteiger partial charge in [-0.1, -0.05) is 28.1 Å². The molecule has 1 atom stereocenters. The maximum Gasteiger partial charge on any atom is 0.224 e. The summed E-state index contributed by atoms with van der Waals surface area (Å²) < 4.78 is 0. The van der Waals surface area contributed by atoms with Gasteiger partial charge < -0.3 is 5.32 Å². The molecule has 0 bridgehead atoms. The molecule has 1 aromatic rings. The zero-order valence-corrected chi connectivity index (χ0v) is 11.3. The molecule has 0 saturated heterocycles. The van der Waals surface area contributed by atoms with Gasteiger partial charge in [-0.15, -0.1) is 0 Å². The van der Waals surface area contributed by atoms with Gasteiger partial charge >= 0.3 is 0 Å². The Kier molecular flexibility index (Phi) is 2.95. The molecule has 1 saturated carbocycles. The Balaban J connectivity index is 1.89. The van der Waals surface area contributed by atoms with Gasteiger partial charge in [0.1, 0.15) is 0 Å². The van der Waals surface area contributed by atoms with Gasteiger partial charge in [-0.3, -0.25) is 4.79 Å². The molecule has 0 spiro atoms. The molecule has 0 aromatic heterocycles. The highest BCUT2D eigenvalue weighted by Gasteiger charge is 2.30. The number of benzene rings is 1. The number of aryl methyl sites for hydroxylation is 1. The van der Waals surface area contributed by atoms with Crippen LogP contribution in [0.2, 0.25) is 0 Å². The van der Waals surface area contributed by atoms with Gasteiger partial charge in [0.15, 0.2) is 0 Å². The van der Waals surface area contributed by atoms with Gasteiger partial charge in [0, 0.05) is 16.9 Å². The molecule has 1 unspecified atom stereocenters. The average Bonchev–Trinajstić information content (AvgIpc) is 3.14. The minimum absolute atomic E-state index is 0.147. The third kappa shape index (κ3) is 2.39. The molecule has 1 aromatic carbocycles. The second-order valence-corrected chi connectivity index (χ2v) is 6.04. The normalized spacial score (nSPS) is 21.4. The van der Waals surface area contributed by atoms with Crippen LogP contribution in [0.3, 0.4) is 0 Å². The number of carbonyl (C=O) groups is 1. The van der Waals surface area contributed by atoms with Crippen molar-refractivity contribution in [2.24, 2.45) is 5.92 Å². The first-order valence-corrected chi connectivity index (χ1v) is 7.22. The van der Waals surface area contributed by atoms with Crippen LogP contribution >= 0.6 is 15.9 Å². The molecule has 1 fully saturated rings. The number of nitrogens with one attached hydrogen (secondary N) is 1. The number of alkyl halides is 1. The molecule has 2 aliphatic rings. The molecule has 1 aliphatic heterocycles. The molecule has 2 nitrogen and oxygen atoms in total. The first kappa shape index (κ1) is 11.3. The van der Waals surface area contributed by atoms with Crippen LogP contribution in [0.15, 0.2) is 18.2 Å². The van der Waals surface area contributed by atoms with Crippen molar-refractivity contribution in [2.75, 3.05) is 5.32 Å². The molecule has 1 N–H and O–H groups in total. The number of amides is 1. The van der Waals surface area contributed by atoms with Crippen LogP contribution in [0.1, 0.15) is 41.6 Å². The summed E-state index contributed by atoms with van der Waals surface area (Å²) in [6, 6.07) is 6.46. The zero-order chi connectivity index (χ0) is 11.8. The molecule has 3 heteroatoms. The molecule has 3 rings (SSSR count). The van der Waals surface area contributed by atoms with E-state index in [1.54, 1.807) is 0 Å². The Morgan fingerprint density at radius 1 is 1.29 bits per heavy atom. The molecule has 1 amide bonds. The van der Waals surface area contributed by atoms with E-state index in [-0.39, 0.29) is 5.91 Å². The standard InChI is InChI=1S/C14H16BrNO/c15-14(9-4-5-9)11-6-7-12-10(8-11)2-1-3-13(17)16-12/h6-9,14H,1-5H2,(H,16,17). The highest BCUT2D eigenvalue weighted by molar-refractivity contribution is 9.09. The number of halogens is 1. The molecular formula is C14H16BrNO. The van der Waals surface area contributed by atoms with Crippen LogP contribution in [0.5, 0.6) is 0 Å². The van der Waals surface area contributed by atoms with E-state index in [1.165, 1.54) is 24.0 Å². The van der Waals surface area contributed by atoms with E-state index in [0.717, 1.165) is 24.4 Å². The van der Waals surface area contributed by atoms with Gasteiger partial charge in [-0.05, 0) is 48.8 Å². The Hall–Kier alpha value is -0.830. The van der Waals surface area contributed by atoms with E-state index in [4.69, 9.17) is 0 Å². The number of hydrogen-bond donors (Lipinski definition) is 1. The van der Waals surface area contributed by atoms with Crippen molar-refractivity contribution in [2.45, 2.75) is 36.9 Å². The minimum Gasteiger partial charge on any atom is -0.326 e. The number of rotatable bonds is 2. The molecular weight excluding hydrogens is 278 g/mol. The van der Waals surface area contributed by atoms with Crippen molar-refractivity contribution >= 4 is 27.5 Å². The summed E-state index contributed by atoms with van der Waals surface area (Å²) in [6.45, 7) is 0. The van der Waals surface area contributed by atoms with Crippen molar-refractivity contribution in [3.8, 4) is 0 Å². The summed E-state index contributed by atoms with van der Waals surface area (Å²) in [5.41, 5.74) is 3.66. The molecule has 0 radical (unpaired) electrons. The van der Waals surface area contributed by atoms with Crippen LogP contribution in [-0.4, -0.2) is 5.91 Å². The van der Waals surface area contributed by atoms with Crippen LogP contribution < -0.4 is 5.32 Å². The smallest absolute Gasteiger partial charge is 0.224 e. The second-order valence-electron chi connectivity index (χ2n) is 5.06. The van der Waals surface area contributed by atoms with Crippen molar-refractivity contribution in [1.29, 1.82) is 0 Å². The Bertz CT molecular complexity index is 454. The van der Waals surface area contributed by atoms with Crippen molar-refractivity contribution in [3.05, 3.63) is 29.3 Å². The van der Waals surface area contributed by atoms with Crippen LogP contribution in [0.4, 0.5) is 5.69 Å². The number of fused-ring (bicyclic) bond motifs is 1. The monoisotopic (exact) mass is 293 g/mol. The van der Waals surface area contributed by atoms with E-state index in [2.05, 4.69) is 39.4 Å². The lowest BCUT2D eigenvalue weighted by atomic mass is 10.0. The van der Waals surface area contributed by atoms with Gasteiger partial charge in [0.25, 0.3) is 0 Å². The zero-order valence-electron chi connectivity index (χ0n) is 9.71. The number of anilines is 1. The fourth-order valence-corrected chi connectivity index (χ4v) is 3.24. The van der Waals surface area contributed by atoms with E-state index in [1.807, 2.05) is 0 Å². The van der Waals surface area contributed by atoms with Gasteiger partial charge in [0.05, 0.1) is 0 Å². The SMILES string of the molecule is O=C1CCCc2cc(C(Br)C3CC3)ccc2N1. The largest absolute Gasteiger partial charge is 0.326 e. The summed E-state index contributed by atoms with van der Waals surface area (Å²) in [5.74, 6) is 0.961.